The van der Waals surface area contributed by atoms with Crippen molar-refractivity contribution in [1.82, 2.24) is 10.2 Å². The molecule has 2 aromatic carbocycles. The van der Waals surface area contributed by atoms with Crippen molar-refractivity contribution in [2.45, 2.75) is 32.9 Å². The average Bonchev–Trinajstić information content (AvgIpc) is 2.63. The first-order valence-electron chi connectivity index (χ1n) is 8.48. The molecular formula is C20H22Cl2N2O2. The molecule has 0 aliphatic carbocycles. The van der Waals surface area contributed by atoms with E-state index in [2.05, 4.69) is 5.32 Å². The van der Waals surface area contributed by atoms with Gasteiger partial charge in [-0.25, -0.2) is 0 Å². The Morgan fingerprint density at radius 2 is 1.65 bits per heavy atom. The van der Waals surface area contributed by atoms with Crippen molar-refractivity contribution >= 4 is 35.0 Å². The third-order valence-electron chi connectivity index (χ3n) is 4.10. The Balaban J connectivity index is 2.26. The number of carbonyl (C=O) groups excluding carboxylic acids is 2. The summed E-state index contributed by atoms with van der Waals surface area (Å²) in [4.78, 5) is 26.9. The molecule has 0 aliphatic heterocycles. The molecule has 0 spiro atoms. The number of nitrogens with one attached hydrogen (secondary N) is 1. The molecule has 4 nitrogen and oxygen atoms in total. The maximum Gasteiger partial charge on any atom is 0.242 e. The molecule has 2 rings (SSSR count). The third kappa shape index (κ3) is 5.23. The van der Waals surface area contributed by atoms with Gasteiger partial charge in [-0.3, -0.25) is 9.59 Å². The summed E-state index contributed by atoms with van der Waals surface area (Å²) in [5.41, 5.74) is 1.52. The van der Waals surface area contributed by atoms with E-state index in [1.54, 1.807) is 30.0 Å². The summed E-state index contributed by atoms with van der Waals surface area (Å²) in [5, 5.41) is 3.65. The van der Waals surface area contributed by atoms with Crippen molar-refractivity contribution < 1.29 is 9.59 Å². The second-order valence-electron chi connectivity index (χ2n) is 5.95. The molecule has 26 heavy (non-hydrogen) atoms. The van der Waals surface area contributed by atoms with E-state index in [-0.39, 0.29) is 18.2 Å². The van der Waals surface area contributed by atoms with E-state index in [0.717, 1.165) is 5.56 Å². The summed E-state index contributed by atoms with van der Waals surface area (Å²) in [6, 6.07) is 14.1. The van der Waals surface area contributed by atoms with E-state index in [4.69, 9.17) is 23.2 Å². The van der Waals surface area contributed by atoms with Crippen LogP contribution < -0.4 is 5.32 Å². The number of rotatable bonds is 7. The minimum absolute atomic E-state index is 0.0368. The van der Waals surface area contributed by atoms with E-state index >= 15 is 0 Å². The average molecular weight is 393 g/mol. The standard InChI is InChI=1S/C20H22Cl2N2O2/c1-3-23-20(26)14(2)24(13-15-8-5-4-6-9-15)19(25)12-16-17(21)10-7-11-18(16)22/h4-11,14H,3,12-13H2,1-2H3,(H,23,26)/t14-/m1/s1. The monoisotopic (exact) mass is 392 g/mol. The Bertz CT molecular complexity index is 745. The number of nitrogens with zero attached hydrogens (tertiary/aromatic N) is 1. The van der Waals surface area contributed by atoms with Crippen LogP contribution in [0.1, 0.15) is 25.0 Å². The number of hydrogen-bond donors (Lipinski definition) is 1. The number of likely N-dealkylation sites (N-methyl/N-ethyl adjacent to an activating group) is 1. The van der Waals surface area contributed by atoms with Gasteiger partial charge < -0.3 is 10.2 Å². The molecule has 0 saturated carbocycles. The quantitative estimate of drug-likeness (QED) is 0.771. The minimum atomic E-state index is -0.607. The highest BCUT2D eigenvalue weighted by atomic mass is 35.5. The lowest BCUT2D eigenvalue weighted by molar-refractivity contribution is -0.140. The van der Waals surface area contributed by atoms with Gasteiger partial charge in [-0.2, -0.15) is 0 Å². The molecule has 0 radical (unpaired) electrons. The van der Waals surface area contributed by atoms with E-state index in [1.807, 2.05) is 37.3 Å². The lowest BCUT2D eigenvalue weighted by Crippen LogP contribution is -2.48. The Hall–Kier alpha value is -2.04. The molecule has 0 heterocycles. The molecule has 138 valence electrons. The molecule has 1 N–H and O–H groups in total. The van der Waals surface area contributed by atoms with E-state index < -0.39 is 6.04 Å². The first-order valence-corrected chi connectivity index (χ1v) is 9.23. The second-order valence-corrected chi connectivity index (χ2v) is 6.77. The predicted molar refractivity (Wildman–Crippen MR) is 105 cm³/mol. The van der Waals surface area contributed by atoms with Gasteiger partial charge in [-0.1, -0.05) is 59.6 Å². The largest absolute Gasteiger partial charge is 0.355 e. The maximum atomic E-state index is 13.0. The molecule has 0 saturated heterocycles. The molecular weight excluding hydrogens is 371 g/mol. The van der Waals surface area contributed by atoms with Crippen LogP contribution in [-0.4, -0.2) is 29.3 Å². The number of halogens is 2. The fraction of sp³-hybridized carbons (Fsp3) is 0.300. The van der Waals surface area contributed by atoms with Gasteiger partial charge in [0, 0.05) is 23.1 Å². The summed E-state index contributed by atoms with van der Waals surface area (Å²) >= 11 is 12.4. The molecule has 0 bridgehead atoms. The normalized spacial score (nSPS) is 11.7. The zero-order chi connectivity index (χ0) is 19.1. The smallest absolute Gasteiger partial charge is 0.242 e. The molecule has 1 atom stereocenters. The van der Waals surface area contributed by atoms with Gasteiger partial charge in [0.1, 0.15) is 6.04 Å². The zero-order valence-corrected chi connectivity index (χ0v) is 16.3. The summed E-state index contributed by atoms with van der Waals surface area (Å²) < 4.78 is 0. The lowest BCUT2D eigenvalue weighted by Gasteiger charge is -2.29. The van der Waals surface area contributed by atoms with Gasteiger partial charge in [0.15, 0.2) is 0 Å². The fourth-order valence-electron chi connectivity index (χ4n) is 2.64. The van der Waals surface area contributed by atoms with Crippen LogP contribution in [0.15, 0.2) is 48.5 Å². The van der Waals surface area contributed by atoms with Crippen LogP contribution >= 0.6 is 23.2 Å². The van der Waals surface area contributed by atoms with Crippen molar-refractivity contribution in [3.63, 3.8) is 0 Å². The van der Waals surface area contributed by atoms with Crippen LogP contribution in [0.5, 0.6) is 0 Å². The van der Waals surface area contributed by atoms with Crippen LogP contribution in [0.2, 0.25) is 10.0 Å². The van der Waals surface area contributed by atoms with E-state index in [0.29, 0.717) is 28.7 Å². The summed E-state index contributed by atoms with van der Waals surface area (Å²) in [6.07, 6.45) is 0.0368. The van der Waals surface area contributed by atoms with E-state index in [9.17, 15) is 9.59 Å². The summed E-state index contributed by atoms with van der Waals surface area (Å²) in [5.74, 6) is -0.398. The van der Waals surface area contributed by atoms with Crippen LogP contribution in [0.25, 0.3) is 0 Å². The highest BCUT2D eigenvalue weighted by Crippen LogP contribution is 2.25. The molecule has 2 amide bonds. The Kier molecular flexibility index (Phi) is 7.49. The van der Waals surface area contributed by atoms with Crippen molar-refractivity contribution in [3.8, 4) is 0 Å². The number of carbonyl (C=O) groups is 2. The highest BCUT2D eigenvalue weighted by molar-refractivity contribution is 6.36. The minimum Gasteiger partial charge on any atom is -0.355 e. The highest BCUT2D eigenvalue weighted by Gasteiger charge is 2.26. The first-order chi connectivity index (χ1) is 12.4. The predicted octanol–water partition coefficient (Wildman–Crippen LogP) is 4.09. The molecule has 2 aromatic rings. The Morgan fingerprint density at radius 3 is 2.23 bits per heavy atom. The fourth-order valence-corrected chi connectivity index (χ4v) is 3.17. The Morgan fingerprint density at radius 1 is 1.04 bits per heavy atom. The van der Waals surface area contributed by atoms with Crippen molar-refractivity contribution in [2.24, 2.45) is 0 Å². The molecule has 6 heteroatoms. The second kappa shape index (κ2) is 9.60. The van der Waals surface area contributed by atoms with Gasteiger partial charge in [0.05, 0.1) is 6.42 Å². The maximum absolute atomic E-state index is 13.0. The SMILES string of the molecule is CCNC(=O)[C@@H](C)N(Cc1ccccc1)C(=O)Cc1c(Cl)cccc1Cl. The zero-order valence-electron chi connectivity index (χ0n) is 14.8. The van der Waals surface area contributed by atoms with Crippen LogP contribution in [0.3, 0.4) is 0 Å². The van der Waals surface area contributed by atoms with Gasteiger partial charge in [-0.05, 0) is 37.1 Å². The molecule has 0 unspecified atom stereocenters. The van der Waals surface area contributed by atoms with Crippen molar-refractivity contribution in [2.75, 3.05) is 6.54 Å². The lowest BCUT2D eigenvalue weighted by atomic mass is 10.1. The number of hydrogen-bond acceptors (Lipinski definition) is 2. The first kappa shape index (κ1) is 20.3. The Labute approximate surface area is 164 Å². The van der Waals surface area contributed by atoms with E-state index in [1.165, 1.54) is 0 Å². The van der Waals surface area contributed by atoms with Crippen molar-refractivity contribution in [3.05, 3.63) is 69.7 Å². The number of amides is 2. The summed E-state index contributed by atoms with van der Waals surface area (Å²) in [7, 11) is 0. The molecule has 0 fully saturated rings. The van der Waals surface area contributed by atoms with Crippen LogP contribution in [0, 0.1) is 0 Å². The molecule has 0 aliphatic rings. The third-order valence-corrected chi connectivity index (χ3v) is 4.81. The van der Waals surface area contributed by atoms with Crippen LogP contribution in [-0.2, 0) is 22.6 Å². The van der Waals surface area contributed by atoms with Gasteiger partial charge >= 0.3 is 0 Å². The van der Waals surface area contributed by atoms with Gasteiger partial charge in [-0.15, -0.1) is 0 Å². The van der Waals surface area contributed by atoms with Gasteiger partial charge in [0.2, 0.25) is 11.8 Å². The van der Waals surface area contributed by atoms with Crippen LogP contribution in [0.4, 0.5) is 0 Å². The van der Waals surface area contributed by atoms with Gasteiger partial charge in [0.25, 0.3) is 0 Å². The van der Waals surface area contributed by atoms with Crippen molar-refractivity contribution in [1.29, 1.82) is 0 Å². The topological polar surface area (TPSA) is 49.4 Å². The summed E-state index contributed by atoms with van der Waals surface area (Å²) in [6.45, 7) is 4.41. The number of benzene rings is 2. The molecule has 0 aromatic heterocycles.